The van der Waals surface area contributed by atoms with Crippen molar-refractivity contribution in [1.82, 2.24) is 10.2 Å². The monoisotopic (exact) mass is 286 g/mol. The topological polar surface area (TPSA) is 67.9 Å². The Kier molecular flexibility index (Phi) is 5.39. The summed E-state index contributed by atoms with van der Waals surface area (Å²) < 4.78 is 11.0. The molecule has 1 aliphatic rings. The number of carbonyl (C=O) groups is 2. The van der Waals surface area contributed by atoms with Gasteiger partial charge in [0.15, 0.2) is 0 Å². The Morgan fingerprint density at radius 3 is 2.55 bits per heavy atom. The number of nitrogens with zero attached hydrogens (tertiary/aromatic N) is 1. The molecule has 0 aromatic carbocycles. The van der Waals surface area contributed by atoms with Gasteiger partial charge in [-0.3, -0.25) is 4.79 Å². The van der Waals surface area contributed by atoms with Gasteiger partial charge in [-0.2, -0.15) is 0 Å². The largest absolute Gasteiger partial charge is 0.444 e. The molecule has 0 radical (unpaired) electrons. The molecule has 0 bridgehead atoms. The van der Waals surface area contributed by atoms with E-state index in [1.54, 1.807) is 4.90 Å². The van der Waals surface area contributed by atoms with Crippen LogP contribution < -0.4 is 5.32 Å². The fourth-order valence-electron chi connectivity index (χ4n) is 2.02. The van der Waals surface area contributed by atoms with Crippen LogP contribution in [0.4, 0.5) is 4.79 Å². The molecule has 1 unspecified atom stereocenters. The van der Waals surface area contributed by atoms with Crippen LogP contribution in [0, 0.1) is 0 Å². The summed E-state index contributed by atoms with van der Waals surface area (Å²) in [6.45, 7) is 10.9. The third-order valence-corrected chi connectivity index (χ3v) is 3.01. The van der Waals surface area contributed by atoms with E-state index < -0.39 is 11.2 Å². The Balaban J connectivity index is 2.45. The lowest BCUT2D eigenvalue weighted by Gasteiger charge is -2.27. The van der Waals surface area contributed by atoms with Crippen LogP contribution in [-0.2, 0) is 14.3 Å². The van der Waals surface area contributed by atoms with Crippen LogP contribution >= 0.6 is 0 Å². The number of rotatable bonds is 4. The minimum atomic E-state index is -0.502. The highest BCUT2D eigenvalue weighted by molar-refractivity contribution is 5.77. The van der Waals surface area contributed by atoms with Crippen molar-refractivity contribution in [3.63, 3.8) is 0 Å². The Morgan fingerprint density at radius 1 is 1.35 bits per heavy atom. The van der Waals surface area contributed by atoms with E-state index in [1.165, 1.54) is 0 Å². The molecule has 1 atom stereocenters. The molecule has 0 aromatic heterocycles. The van der Waals surface area contributed by atoms with Gasteiger partial charge in [0.25, 0.3) is 0 Å². The smallest absolute Gasteiger partial charge is 0.410 e. The van der Waals surface area contributed by atoms with Gasteiger partial charge in [-0.15, -0.1) is 0 Å². The summed E-state index contributed by atoms with van der Waals surface area (Å²) >= 11 is 0. The van der Waals surface area contributed by atoms with Crippen LogP contribution in [0.5, 0.6) is 0 Å². The summed E-state index contributed by atoms with van der Waals surface area (Å²) in [5.41, 5.74) is -0.986. The molecule has 0 saturated carbocycles. The Labute approximate surface area is 120 Å². The van der Waals surface area contributed by atoms with Crippen molar-refractivity contribution in [2.75, 3.05) is 26.2 Å². The third-order valence-electron chi connectivity index (χ3n) is 3.01. The van der Waals surface area contributed by atoms with E-state index in [1.807, 2.05) is 34.6 Å². The van der Waals surface area contributed by atoms with Crippen LogP contribution in [0.15, 0.2) is 0 Å². The summed E-state index contributed by atoms with van der Waals surface area (Å²) in [4.78, 5) is 25.0. The lowest BCUT2D eigenvalue weighted by Crippen LogP contribution is -2.40. The van der Waals surface area contributed by atoms with E-state index in [4.69, 9.17) is 9.47 Å². The van der Waals surface area contributed by atoms with Gasteiger partial charge < -0.3 is 19.7 Å². The van der Waals surface area contributed by atoms with Gasteiger partial charge in [0, 0.05) is 13.1 Å². The SMILES string of the molecule is CCNC(=O)COC1(C)CCN(C(=O)OC(C)(C)C)C1. The van der Waals surface area contributed by atoms with Crippen molar-refractivity contribution in [1.29, 1.82) is 0 Å². The van der Waals surface area contributed by atoms with Gasteiger partial charge in [-0.05, 0) is 41.0 Å². The highest BCUT2D eigenvalue weighted by Crippen LogP contribution is 2.26. The number of amides is 2. The zero-order valence-corrected chi connectivity index (χ0v) is 13.1. The first-order valence-corrected chi connectivity index (χ1v) is 7.04. The minimum Gasteiger partial charge on any atom is -0.444 e. The second-order valence-corrected chi connectivity index (χ2v) is 6.34. The van der Waals surface area contributed by atoms with Crippen molar-refractivity contribution in [3.05, 3.63) is 0 Å². The van der Waals surface area contributed by atoms with Gasteiger partial charge in [0.05, 0.1) is 12.1 Å². The quantitative estimate of drug-likeness (QED) is 0.851. The van der Waals surface area contributed by atoms with E-state index in [0.29, 0.717) is 26.1 Å². The highest BCUT2D eigenvalue weighted by Gasteiger charge is 2.38. The number of likely N-dealkylation sites (tertiary alicyclic amines) is 1. The van der Waals surface area contributed by atoms with E-state index in [2.05, 4.69) is 5.32 Å². The van der Waals surface area contributed by atoms with Gasteiger partial charge in [-0.1, -0.05) is 0 Å². The van der Waals surface area contributed by atoms with E-state index in [-0.39, 0.29) is 18.6 Å². The third kappa shape index (κ3) is 5.36. The van der Waals surface area contributed by atoms with Crippen LogP contribution in [0.1, 0.15) is 41.0 Å². The molecule has 1 saturated heterocycles. The summed E-state index contributed by atoms with van der Waals surface area (Å²) in [5.74, 6) is -0.135. The highest BCUT2D eigenvalue weighted by atomic mass is 16.6. The summed E-state index contributed by atoms with van der Waals surface area (Å²) in [6.07, 6.45) is 0.369. The Hall–Kier alpha value is -1.30. The maximum Gasteiger partial charge on any atom is 0.410 e. The second kappa shape index (κ2) is 6.43. The van der Waals surface area contributed by atoms with E-state index >= 15 is 0 Å². The minimum absolute atomic E-state index is 0.0203. The Morgan fingerprint density at radius 2 is 2.00 bits per heavy atom. The molecule has 20 heavy (non-hydrogen) atoms. The van der Waals surface area contributed by atoms with Crippen LogP contribution in [0.2, 0.25) is 0 Å². The molecule has 1 N–H and O–H groups in total. The lowest BCUT2D eigenvalue weighted by molar-refractivity contribution is -0.131. The molecule has 1 heterocycles. The molecule has 1 fully saturated rings. The number of hydrogen-bond donors (Lipinski definition) is 1. The molecule has 6 nitrogen and oxygen atoms in total. The second-order valence-electron chi connectivity index (χ2n) is 6.34. The van der Waals surface area contributed by atoms with Crippen LogP contribution in [-0.4, -0.2) is 54.3 Å². The first-order chi connectivity index (χ1) is 9.15. The maximum atomic E-state index is 12.0. The normalized spacial score (nSPS) is 22.8. The first-order valence-electron chi connectivity index (χ1n) is 7.04. The maximum absolute atomic E-state index is 12.0. The van der Waals surface area contributed by atoms with Crippen molar-refractivity contribution >= 4 is 12.0 Å². The zero-order valence-electron chi connectivity index (χ0n) is 13.1. The van der Waals surface area contributed by atoms with Crippen molar-refractivity contribution in [2.45, 2.75) is 52.2 Å². The summed E-state index contributed by atoms with van der Waals surface area (Å²) in [6, 6.07) is 0. The number of likely N-dealkylation sites (N-methyl/N-ethyl adjacent to an activating group) is 1. The van der Waals surface area contributed by atoms with Crippen LogP contribution in [0.25, 0.3) is 0 Å². The Bertz CT molecular complexity index is 365. The molecule has 2 amide bonds. The molecule has 0 aliphatic carbocycles. The molecular weight excluding hydrogens is 260 g/mol. The molecule has 116 valence electrons. The standard InChI is InChI=1S/C14H26N2O4/c1-6-15-11(17)9-19-14(5)7-8-16(10-14)12(18)20-13(2,3)4/h6-10H2,1-5H3,(H,15,17). The fourth-order valence-corrected chi connectivity index (χ4v) is 2.02. The number of nitrogens with one attached hydrogen (secondary N) is 1. The first kappa shape index (κ1) is 16.8. The molecule has 6 heteroatoms. The summed E-state index contributed by atoms with van der Waals surface area (Å²) in [5, 5.41) is 2.68. The van der Waals surface area contributed by atoms with Crippen molar-refractivity contribution in [3.8, 4) is 0 Å². The van der Waals surface area contributed by atoms with Crippen molar-refractivity contribution in [2.24, 2.45) is 0 Å². The zero-order chi connectivity index (χ0) is 15.4. The summed E-state index contributed by atoms with van der Waals surface area (Å²) in [7, 11) is 0. The lowest BCUT2D eigenvalue weighted by atomic mass is 10.1. The molecule has 1 aliphatic heterocycles. The molecule has 1 rings (SSSR count). The predicted molar refractivity (Wildman–Crippen MR) is 75.5 cm³/mol. The fraction of sp³-hybridized carbons (Fsp3) is 0.857. The van der Waals surface area contributed by atoms with Gasteiger partial charge >= 0.3 is 6.09 Å². The predicted octanol–water partition coefficient (Wildman–Crippen LogP) is 1.54. The van der Waals surface area contributed by atoms with Gasteiger partial charge in [-0.25, -0.2) is 4.79 Å². The van der Waals surface area contributed by atoms with Crippen molar-refractivity contribution < 1.29 is 19.1 Å². The average molecular weight is 286 g/mol. The number of hydrogen-bond acceptors (Lipinski definition) is 4. The molecule has 0 spiro atoms. The van der Waals surface area contributed by atoms with E-state index in [9.17, 15) is 9.59 Å². The van der Waals surface area contributed by atoms with Crippen LogP contribution in [0.3, 0.4) is 0 Å². The number of carbonyl (C=O) groups excluding carboxylic acids is 2. The van der Waals surface area contributed by atoms with E-state index in [0.717, 1.165) is 0 Å². The van der Waals surface area contributed by atoms with Gasteiger partial charge in [0.2, 0.25) is 5.91 Å². The van der Waals surface area contributed by atoms with Gasteiger partial charge in [0.1, 0.15) is 12.2 Å². The number of ether oxygens (including phenoxy) is 2. The molecular formula is C14H26N2O4. The molecule has 0 aromatic rings. The average Bonchev–Trinajstić information content (AvgIpc) is 2.69.